The van der Waals surface area contributed by atoms with Crippen LogP contribution < -0.4 is 0 Å². The Balaban J connectivity index is 2.50. The first-order valence-corrected chi connectivity index (χ1v) is 4.20. The summed E-state index contributed by atoms with van der Waals surface area (Å²) in [5.74, 6) is 0.821. The molecule has 0 radical (unpaired) electrons. The van der Waals surface area contributed by atoms with Gasteiger partial charge in [0.25, 0.3) is 0 Å². The van der Waals surface area contributed by atoms with Crippen LogP contribution in [0.15, 0.2) is 0 Å². The summed E-state index contributed by atoms with van der Waals surface area (Å²) >= 11 is 0. The number of aryl methyl sites for hydroxylation is 2. The molecule has 1 aromatic rings. The number of hydrogen-bond donors (Lipinski definition) is 0. The van der Waals surface area contributed by atoms with Gasteiger partial charge in [0.05, 0.1) is 5.69 Å². The molecule has 60 valence electrons. The second kappa shape index (κ2) is 2.10. The van der Waals surface area contributed by atoms with Crippen LogP contribution in [-0.2, 0) is 7.05 Å². The first-order valence-electron chi connectivity index (χ1n) is 4.20. The lowest BCUT2D eigenvalue weighted by Crippen LogP contribution is -1.96. The number of rotatable bonds is 1. The Labute approximate surface area is 67.2 Å². The zero-order chi connectivity index (χ0) is 8.01. The molecule has 0 saturated heterocycles. The molecule has 1 aromatic heterocycles. The van der Waals surface area contributed by atoms with E-state index in [1.165, 1.54) is 29.8 Å². The molecule has 0 bridgehead atoms. The predicted molar refractivity (Wildman–Crippen MR) is 44.7 cm³/mol. The first-order chi connectivity index (χ1) is 5.20. The van der Waals surface area contributed by atoms with E-state index in [2.05, 4.69) is 18.9 Å². The lowest BCUT2D eigenvalue weighted by molar-refractivity contribution is 0.706. The van der Waals surface area contributed by atoms with Crippen molar-refractivity contribution in [1.82, 2.24) is 9.78 Å². The van der Waals surface area contributed by atoms with E-state index in [9.17, 15) is 0 Å². The van der Waals surface area contributed by atoms with Gasteiger partial charge in [-0.05, 0) is 32.3 Å². The summed E-state index contributed by atoms with van der Waals surface area (Å²) < 4.78 is 2.04. The Morgan fingerprint density at radius 1 is 1.36 bits per heavy atom. The van der Waals surface area contributed by atoms with Crippen molar-refractivity contribution >= 4 is 0 Å². The maximum Gasteiger partial charge on any atom is 0.0625 e. The number of nitrogens with zero attached hydrogens (tertiary/aromatic N) is 2. The van der Waals surface area contributed by atoms with Crippen LogP contribution in [0.4, 0.5) is 0 Å². The zero-order valence-corrected chi connectivity index (χ0v) is 7.39. The molecule has 1 aliphatic rings. The molecule has 2 nitrogen and oxygen atoms in total. The Morgan fingerprint density at radius 2 is 2.00 bits per heavy atom. The number of aromatic nitrogens is 2. The van der Waals surface area contributed by atoms with E-state index in [1.807, 2.05) is 11.7 Å². The van der Waals surface area contributed by atoms with Crippen molar-refractivity contribution in [3.8, 4) is 0 Å². The van der Waals surface area contributed by atoms with Crippen molar-refractivity contribution in [2.75, 3.05) is 0 Å². The van der Waals surface area contributed by atoms with E-state index in [-0.39, 0.29) is 0 Å². The minimum atomic E-state index is 0.821. The van der Waals surface area contributed by atoms with Crippen molar-refractivity contribution in [3.63, 3.8) is 0 Å². The average molecular weight is 150 g/mol. The molecule has 1 saturated carbocycles. The summed E-state index contributed by atoms with van der Waals surface area (Å²) in [7, 11) is 2.05. The second-order valence-corrected chi connectivity index (χ2v) is 3.49. The van der Waals surface area contributed by atoms with Crippen molar-refractivity contribution in [3.05, 3.63) is 17.0 Å². The molecule has 0 N–H and O–H groups in total. The van der Waals surface area contributed by atoms with Gasteiger partial charge in [0, 0.05) is 18.7 Å². The third kappa shape index (κ3) is 0.971. The molecule has 1 heterocycles. The molecular formula is C9H14N2. The molecule has 0 spiro atoms. The molecule has 0 aromatic carbocycles. The summed E-state index contributed by atoms with van der Waals surface area (Å²) in [6, 6.07) is 0. The van der Waals surface area contributed by atoms with Gasteiger partial charge in [0.1, 0.15) is 0 Å². The van der Waals surface area contributed by atoms with E-state index in [0.717, 1.165) is 5.92 Å². The fourth-order valence-corrected chi connectivity index (χ4v) is 1.71. The lowest BCUT2D eigenvalue weighted by Gasteiger charge is -1.98. The Bertz CT molecular complexity index is 282. The molecule has 2 rings (SSSR count). The van der Waals surface area contributed by atoms with Crippen LogP contribution in [0.1, 0.15) is 35.7 Å². The Kier molecular flexibility index (Phi) is 1.31. The molecule has 2 heteroatoms. The van der Waals surface area contributed by atoms with Crippen LogP contribution in [0, 0.1) is 13.8 Å². The Hall–Kier alpha value is -0.790. The minimum absolute atomic E-state index is 0.821. The van der Waals surface area contributed by atoms with Gasteiger partial charge in [-0.3, -0.25) is 4.68 Å². The van der Waals surface area contributed by atoms with Gasteiger partial charge in [-0.15, -0.1) is 0 Å². The fraction of sp³-hybridized carbons (Fsp3) is 0.667. The monoisotopic (exact) mass is 150 g/mol. The molecule has 11 heavy (non-hydrogen) atoms. The molecular weight excluding hydrogens is 136 g/mol. The molecule has 1 fully saturated rings. The predicted octanol–water partition coefficient (Wildman–Crippen LogP) is 1.91. The van der Waals surface area contributed by atoms with Gasteiger partial charge in [0.15, 0.2) is 0 Å². The molecule has 0 atom stereocenters. The van der Waals surface area contributed by atoms with Crippen LogP contribution in [-0.4, -0.2) is 9.78 Å². The highest BCUT2D eigenvalue weighted by atomic mass is 15.3. The van der Waals surface area contributed by atoms with Crippen LogP contribution in [0.5, 0.6) is 0 Å². The van der Waals surface area contributed by atoms with E-state index in [1.54, 1.807) is 0 Å². The standard InChI is InChI=1S/C9H14N2/c1-6-7(2)10-11(3)9(6)8-4-5-8/h8H,4-5H2,1-3H3. The lowest BCUT2D eigenvalue weighted by atomic mass is 10.1. The van der Waals surface area contributed by atoms with Gasteiger partial charge in [-0.2, -0.15) is 5.10 Å². The van der Waals surface area contributed by atoms with Crippen molar-refractivity contribution in [1.29, 1.82) is 0 Å². The first kappa shape index (κ1) is 6.89. The van der Waals surface area contributed by atoms with Crippen LogP contribution >= 0.6 is 0 Å². The average Bonchev–Trinajstić information content (AvgIpc) is 2.68. The van der Waals surface area contributed by atoms with Crippen LogP contribution in [0.3, 0.4) is 0 Å². The molecule has 0 aliphatic heterocycles. The third-order valence-corrected chi connectivity index (χ3v) is 2.54. The summed E-state index contributed by atoms with van der Waals surface area (Å²) in [5.41, 5.74) is 4.05. The van der Waals surface area contributed by atoms with Gasteiger partial charge in [-0.1, -0.05) is 0 Å². The van der Waals surface area contributed by atoms with Gasteiger partial charge < -0.3 is 0 Å². The van der Waals surface area contributed by atoms with Gasteiger partial charge in [0.2, 0.25) is 0 Å². The second-order valence-electron chi connectivity index (χ2n) is 3.49. The summed E-state index contributed by atoms with van der Waals surface area (Å²) in [4.78, 5) is 0. The SMILES string of the molecule is Cc1nn(C)c(C2CC2)c1C. The highest BCUT2D eigenvalue weighted by Crippen LogP contribution is 2.41. The highest BCUT2D eigenvalue weighted by molar-refractivity contribution is 5.29. The third-order valence-electron chi connectivity index (χ3n) is 2.54. The van der Waals surface area contributed by atoms with Crippen LogP contribution in [0.2, 0.25) is 0 Å². The van der Waals surface area contributed by atoms with Crippen molar-refractivity contribution in [2.45, 2.75) is 32.6 Å². The van der Waals surface area contributed by atoms with E-state index < -0.39 is 0 Å². The normalized spacial score (nSPS) is 17.4. The van der Waals surface area contributed by atoms with E-state index in [4.69, 9.17) is 0 Å². The molecule has 1 aliphatic carbocycles. The topological polar surface area (TPSA) is 17.8 Å². The summed E-state index contributed by atoms with van der Waals surface area (Å²) in [6.07, 6.45) is 2.72. The molecule has 0 unspecified atom stereocenters. The summed E-state index contributed by atoms with van der Waals surface area (Å²) in [6.45, 7) is 4.26. The maximum absolute atomic E-state index is 4.39. The number of hydrogen-bond acceptors (Lipinski definition) is 1. The zero-order valence-electron chi connectivity index (χ0n) is 7.39. The van der Waals surface area contributed by atoms with Gasteiger partial charge in [-0.25, -0.2) is 0 Å². The van der Waals surface area contributed by atoms with Crippen LogP contribution in [0.25, 0.3) is 0 Å². The fourth-order valence-electron chi connectivity index (χ4n) is 1.71. The van der Waals surface area contributed by atoms with Crippen molar-refractivity contribution in [2.24, 2.45) is 7.05 Å². The molecule has 0 amide bonds. The summed E-state index contributed by atoms with van der Waals surface area (Å²) in [5, 5.41) is 4.39. The van der Waals surface area contributed by atoms with E-state index >= 15 is 0 Å². The maximum atomic E-state index is 4.39. The highest BCUT2D eigenvalue weighted by Gasteiger charge is 2.28. The van der Waals surface area contributed by atoms with E-state index in [0.29, 0.717) is 0 Å². The minimum Gasteiger partial charge on any atom is -0.272 e. The van der Waals surface area contributed by atoms with Gasteiger partial charge >= 0.3 is 0 Å². The largest absolute Gasteiger partial charge is 0.272 e. The Morgan fingerprint density at radius 3 is 2.36 bits per heavy atom. The quantitative estimate of drug-likeness (QED) is 0.598. The smallest absolute Gasteiger partial charge is 0.0625 e. The van der Waals surface area contributed by atoms with Crippen molar-refractivity contribution < 1.29 is 0 Å².